The molecule has 0 spiro atoms. The minimum absolute atomic E-state index is 0.464. The maximum absolute atomic E-state index is 5.56. The van der Waals surface area contributed by atoms with Crippen molar-refractivity contribution in [2.45, 2.75) is 45.0 Å². The number of hydrogen-bond acceptors (Lipinski definition) is 3. The third-order valence-electron chi connectivity index (χ3n) is 2.82. The lowest BCUT2D eigenvalue weighted by Crippen LogP contribution is -2.24. The first-order valence-electron chi connectivity index (χ1n) is 6.18. The molecular weight excluding hydrogens is 206 g/mol. The summed E-state index contributed by atoms with van der Waals surface area (Å²) in [4.78, 5) is 0. The second-order valence-corrected chi connectivity index (χ2v) is 5.82. The van der Waals surface area contributed by atoms with Gasteiger partial charge < -0.3 is 10.1 Å². The van der Waals surface area contributed by atoms with E-state index in [-0.39, 0.29) is 0 Å². The maximum atomic E-state index is 5.56. The molecule has 3 unspecified atom stereocenters. The summed E-state index contributed by atoms with van der Waals surface area (Å²) in [5.74, 6) is 2.03. The lowest BCUT2D eigenvalue weighted by molar-refractivity contribution is 0.127. The van der Waals surface area contributed by atoms with E-state index in [1.54, 1.807) is 0 Å². The zero-order valence-electron chi connectivity index (χ0n) is 10.3. The molecule has 1 aliphatic heterocycles. The summed E-state index contributed by atoms with van der Waals surface area (Å²) in [6, 6.07) is 0. The van der Waals surface area contributed by atoms with E-state index in [4.69, 9.17) is 4.74 Å². The highest BCUT2D eigenvalue weighted by atomic mass is 32.2. The Morgan fingerprint density at radius 2 is 2.33 bits per heavy atom. The van der Waals surface area contributed by atoms with Crippen molar-refractivity contribution < 1.29 is 4.74 Å². The van der Waals surface area contributed by atoms with E-state index >= 15 is 0 Å². The van der Waals surface area contributed by atoms with Gasteiger partial charge in [-0.2, -0.15) is 11.8 Å². The first-order chi connectivity index (χ1) is 7.24. The predicted octanol–water partition coefficient (Wildman–Crippen LogP) is 2.53. The van der Waals surface area contributed by atoms with Crippen LogP contribution in [-0.2, 0) is 4.74 Å². The molecule has 3 heteroatoms. The molecule has 0 aromatic heterocycles. The Hall–Kier alpha value is 0.270. The van der Waals surface area contributed by atoms with Gasteiger partial charge in [-0.05, 0) is 44.5 Å². The van der Waals surface area contributed by atoms with Crippen molar-refractivity contribution in [3.8, 4) is 0 Å². The topological polar surface area (TPSA) is 21.3 Å². The first-order valence-corrected chi connectivity index (χ1v) is 7.22. The van der Waals surface area contributed by atoms with Crippen LogP contribution in [0, 0.1) is 5.92 Å². The number of rotatable bonds is 7. The average molecular weight is 231 g/mol. The van der Waals surface area contributed by atoms with Crippen LogP contribution in [0.2, 0.25) is 0 Å². The third-order valence-corrected chi connectivity index (χ3v) is 4.63. The van der Waals surface area contributed by atoms with Crippen LogP contribution >= 0.6 is 11.8 Å². The molecule has 1 fully saturated rings. The second-order valence-electron chi connectivity index (χ2n) is 4.55. The van der Waals surface area contributed by atoms with Gasteiger partial charge >= 0.3 is 0 Å². The van der Waals surface area contributed by atoms with E-state index in [0.717, 1.165) is 30.9 Å². The smallest absolute Gasteiger partial charge is 0.0666 e. The van der Waals surface area contributed by atoms with Gasteiger partial charge in [-0.3, -0.25) is 0 Å². The molecule has 0 bridgehead atoms. The van der Waals surface area contributed by atoms with Crippen LogP contribution in [0.5, 0.6) is 0 Å². The van der Waals surface area contributed by atoms with Crippen LogP contribution in [0.4, 0.5) is 0 Å². The van der Waals surface area contributed by atoms with Crippen LogP contribution in [0.1, 0.15) is 33.6 Å². The van der Waals surface area contributed by atoms with Gasteiger partial charge in [-0.1, -0.05) is 13.8 Å². The van der Waals surface area contributed by atoms with Crippen molar-refractivity contribution in [1.29, 1.82) is 0 Å². The van der Waals surface area contributed by atoms with E-state index in [0.29, 0.717) is 6.10 Å². The van der Waals surface area contributed by atoms with Crippen molar-refractivity contribution in [2.24, 2.45) is 5.92 Å². The summed E-state index contributed by atoms with van der Waals surface area (Å²) >= 11 is 2.09. The third kappa shape index (κ3) is 5.23. The molecule has 1 aliphatic rings. The highest BCUT2D eigenvalue weighted by Gasteiger charge is 2.24. The van der Waals surface area contributed by atoms with Gasteiger partial charge in [0.15, 0.2) is 0 Å². The molecule has 0 radical (unpaired) electrons. The van der Waals surface area contributed by atoms with Crippen LogP contribution in [0.15, 0.2) is 0 Å². The normalized spacial score (nSPS) is 28.2. The van der Waals surface area contributed by atoms with Gasteiger partial charge in [0.1, 0.15) is 0 Å². The number of hydrogen-bond donors (Lipinski definition) is 1. The van der Waals surface area contributed by atoms with Crippen molar-refractivity contribution >= 4 is 11.8 Å². The highest BCUT2D eigenvalue weighted by Crippen LogP contribution is 2.27. The van der Waals surface area contributed by atoms with Crippen molar-refractivity contribution in [1.82, 2.24) is 5.32 Å². The molecule has 2 nitrogen and oxygen atoms in total. The van der Waals surface area contributed by atoms with E-state index in [1.807, 2.05) is 0 Å². The summed E-state index contributed by atoms with van der Waals surface area (Å²) in [5.41, 5.74) is 0. The summed E-state index contributed by atoms with van der Waals surface area (Å²) in [7, 11) is 0. The highest BCUT2D eigenvalue weighted by molar-refractivity contribution is 7.99. The standard InChI is InChI=1S/C12H25NOS/c1-4-6-13-8-10(2)9-15-12-5-7-14-11(12)3/h10-13H,4-9H2,1-3H3. The largest absolute Gasteiger partial charge is 0.377 e. The molecule has 0 saturated carbocycles. The van der Waals surface area contributed by atoms with Crippen LogP contribution in [0.25, 0.3) is 0 Å². The first kappa shape index (κ1) is 13.3. The van der Waals surface area contributed by atoms with Crippen molar-refractivity contribution in [3.63, 3.8) is 0 Å². The molecule has 0 amide bonds. The number of thioether (sulfide) groups is 1. The maximum Gasteiger partial charge on any atom is 0.0666 e. The van der Waals surface area contributed by atoms with E-state index in [1.165, 1.54) is 18.6 Å². The predicted molar refractivity (Wildman–Crippen MR) is 68.6 cm³/mol. The quantitative estimate of drug-likeness (QED) is 0.680. The van der Waals surface area contributed by atoms with Crippen LogP contribution < -0.4 is 5.32 Å². The van der Waals surface area contributed by atoms with Gasteiger partial charge in [-0.25, -0.2) is 0 Å². The summed E-state index contributed by atoms with van der Waals surface area (Å²) in [6.07, 6.45) is 2.93. The van der Waals surface area contributed by atoms with E-state index < -0.39 is 0 Å². The monoisotopic (exact) mass is 231 g/mol. The SMILES string of the molecule is CCCNCC(C)CSC1CCOC1C. The van der Waals surface area contributed by atoms with Gasteiger partial charge in [-0.15, -0.1) is 0 Å². The molecule has 1 saturated heterocycles. The molecule has 90 valence electrons. The molecular formula is C12H25NOS. The number of nitrogens with one attached hydrogen (secondary N) is 1. The average Bonchev–Trinajstić information content (AvgIpc) is 2.61. The molecule has 0 aromatic rings. The fourth-order valence-electron chi connectivity index (χ4n) is 1.80. The molecule has 15 heavy (non-hydrogen) atoms. The van der Waals surface area contributed by atoms with Crippen molar-refractivity contribution in [3.05, 3.63) is 0 Å². The second kappa shape index (κ2) is 7.53. The van der Waals surface area contributed by atoms with Crippen LogP contribution in [-0.4, -0.2) is 36.8 Å². The molecule has 3 atom stereocenters. The fourth-order valence-corrected chi connectivity index (χ4v) is 3.11. The van der Waals surface area contributed by atoms with Gasteiger partial charge in [0, 0.05) is 11.9 Å². The van der Waals surface area contributed by atoms with Gasteiger partial charge in [0.05, 0.1) is 6.10 Å². The van der Waals surface area contributed by atoms with Crippen LogP contribution in [0.3, 0.4) is 0 Å². The Balaban J connectivity index is 2.03. The zero-order chi connectivity index (χ0) is 11.1. The Kier molecular flexibility index (Phi) is 6.69. The molecule has 1 N–H and O–H groups in total. The minimum atomic E-state index is 0.464. The van der Waals surface area contributed by atoms with E-state index in [9.17, 15) is 0 Å². The Morgan fingerprint density at radius 1 is 1.53 bits per heavy atom. The number of ether oxygens (including phenoxy) is 1. The Bertz CT molecular complexity index is 166. The summed E-state index contributed by atoms with van der Waals surface area (Å²) < 4.78 is 5.56. The molecule has 0 aromatic carbocycles. The minimum Gasteiger partial charge on any atom is -0.377 e. The molecule has 0 aliphatic carbocycles. The Morgan fingerprint density at radius 3 is 2.93 bits per heavy atom. The molecule has 1 heterocycles. The fraction of sp³-hybridized carbons (Fsp3) is 1.00. The summed E-state index contributed by atoms with van der Waals surface area (Å²) in [6.45, 7) is 10.0. The van der Waals surface area contributed by atoms with E-state index in [2.05, 4.69) is 37.8 Å². The lowest BCUT2D eigenvalue weighted by Gasteiger charge is -2.17. The zero-order valence-corrected chi connectivity index (χ0v) is 11.1. The van der Waals surface area contributed by atoms with Crippen molar-refractivity contribution in [2.75, 3.05) is 25.4 Å². The Labute approximate surface area is 98.5 Å². The van der Waals surface area contributed by atoms with Gasteiger partial charge in [0.2, 0.25) is 0 Å². The van der Waals surface area contributed by atoms with Gasteiger partial charge in [0.25, 0.3) is 0 Å². The lowest BCUT2D eigenvalue weighted by atomic mass is 10.2. The summed E-state index contributed by atoms with van der Waals surface area (Å²) in [5, 5.41) is 4.21. The molecule has 1 rings (SSSR count).